The smallest absolute Gasteiger partial charge is 0.344 e. The lowest BCUT2D eigenvalue weighted by Gasteiger charge is -2.19. The number of rotatable bonds is 6. The highest BCUT2D eigenvalue weighted by atomic mass is 35.5. The molecule has 0 radical (unpaired) electrons. The maximum Gasteiger partial charge on any atom is 0.344 e. The van der Waals surface area contributed by atoms with Crippen LogP contribution in [0.5, 0.6) is 17.4 Å². The van der Waals surface area contributed by atoms with E-state index in [1.165, 1.54) is 24.0 Å². The van der Waals surface area contributed by atoms with Crippen LogP contribution >= 0.6 is 11.6 Å². The van der Waals surface area contributed by atoms with Crippen molar-refractivity contribution in [1.82, 2.24) is 14.7 Å². The fraction of sp³-hybridized carbons (Fsp3) is 0.389. The number of hydrogen-bond donors (Lipinski definition) is 1. The third-order valence-corrected chi connectivity index (χ3v) is 4.28. The van der Waals surface area contributed by atoms with Crippen LogP contribution in [0.25, 0.3) is 0 Å². The van der Waals surface area contributed by atoms with Crippen molar-refractivity contribution in [3.8, 4) is 17.4 Å². The van der Waals surface area contributed by atoms with Gasteiger partial charge in [0.15, 0.2) is 11.9 Å². The zero-order valence-electron chi connectivity index (χ0n) is 16.0. The van der Waals surface area contributed by atoms with E-state index in [2.05, 4.69) is 5.10 Å². The average molecular weight is 396 g/mol. The summed E-state index contributed by atoms with van der Waals surface area (Å²) in [6.07, 6.45) is -1.16. The Morgan fingerprint density at radius 3 is 2.37 bits per heavy atom. The number of aryl methyl sites for hydroxylation is 2. The normalized spacial score (nSPS) is 11.8. The first-order valence-electron chi connectivity index (χ1n) is 8.15. The van der Waals surface area contributed by atoms with Crippen LogP contribution in [0.4, 0.5) is 0 Å². The summed E-state index contributed by atoms with van der Waals surface area (Å²) in [5, 5.41) is 13.6. The van der Waals surface area contributed by atoms with Gasteiger partial charge >= 0.3 is 5.97 Å². The van der Waals surface area contributed by atoms with Crippen LogP contribution in [0.3, 0.4) is 0 Å². The van der Waals surface area contributed by atoms with Crippen molar-refractivity contribution in [3.05, 3.63) is 34.0 Å². The maximum absolute atomic E-state index is 12.4. The number of amides is 1. The van der Waals surface area contributed by atoms with Crippen LogP contribution in [-0.4, -0.2) is 51.9 Å². The number of aromatic nitrogens is 2. The molecule has 0 fully saturated rings. The summed E-state index contributed by atoms with van der Waals surface area (Å²) in [5.41, 5.74) is 1.78. The predicted molar refractivity (Wildman–Crippen MR) is 100.0 cm³/mol. The molecule has 0 aliphatic carbocycles. The summed E-state index contributed by atoms with van der Waals surface area (Å²) in [6, 6.07) is 2.82. The molecule has 1 aromatic carbocycles. The van der Waals surface area contributed by atoms with Crippen molar-refractivity contribution in [1.29, 1.82) is 0 Å². The third-order valence-electron chi connectivity index (χ3n) is 3.99. The molecular formula is C18H22ClN3O5. The van der Waals surface area contributed by atoms with E-state index in [1.807, 2.05) is 13.8 Å². The molecule has 1 heterocycles. The maximum atomic E-state index is 12.4. The summed E-state index contributed by atoms with van der Waals surface area (Å²) in [5.74, 6) is -0.749. The molecule has 0 bridgehead atoms. The van der Waals surface area contributed by atoms with Gasteiger partial charge in [0.1, 0.15) is 5.75 Å². The van der Waals surface area contributed by atoms with Gasteiger partial charge in [-0.3, -0.25) is 4.79 Å². The number of carboxylic acid groups (broad SMARTS) is 1. The van der Waals surface area contributed by atoms with E-state index in [-0.39, 0.29) is 28.0 Å². The molecule has 0 saturated heterocycles. The van der Waals surface area contributed by atoms with Crippen LogP contribution < -0.4 is 9.47 Å². The third kappa shape index (κ3) is 4.33. The molecule has 0 aliphatic heterocycles. The van der Waals surface area contributed by atoms with Gasteiger partial charge in [-0.15, -0.1) is 0 Å². The number of ether oxygens (including phenoxy) is 2. The molecule has 8 nitrogen and oxygen atoms in total. The predicted octanol–water partition coefficient (Wildman–Crippen LogP) is 3.04. The summed E-state index contributed by atoms with van der Waals surface area (Å²) in [7, 11) is 4.89. The molecule has 146 valence electrons. The molecule has 2 aromatic rings. The minimum Gasteiger partial charge on any atom is -0.479 e. The molecule has 1 amide bonds. The lowest BCUT2D eigenvalue weighted by atomic mass is 10.1. The molecule has 0 aliphatic rings. The molecule has 1 N–H and O–H groups in total. The first kappa shape index (κ1) is 20.6. The first-order chi connectivity index (χ1) is 12.5. The van der Waals surface area contributed by atoms with Gasteiger partial charge in [0.25, 0.3) is 5.91 Å². The minimum atomic E-state index is -1.16. The zero-order chi connectivity index (χ0) is 20.5. The topological polar surface area (TPSA) is 93.9 Å². The average Bonchev–Trinajstić information content (AvgIpc) is 2.82. The Hall–Kier alpha value is -2.74. The van der Waals surface area contributed by atoms with Gasteiger partial charge in [-0.05, 0) is 26.8 Å². The second-order valence-electron chi connectivity index (χ2n) is 6.32. The van der Waals surface area contributed by atoms with Crippen LogP contribution in [0.1, 0.15) is 28.5 Å². The highest BCUT2D eigenvalue weighted by Gasteiger charge is 2.23. The standard InChI is InChI=1S/C18H22ClN3O5/c1-9-10(2)20-22(6)17(9)27-15-8-14(26-11(3)18(24)25)12(7-13(15)19)16(23)21(4)5/h7-8,11H,1-6H3,(H,24,25)/t11-/m0/s1. The van der Waals surface area contributed by atoms with Gasteiger partial charge < -0.3 is 19.5 Å². The quantitative estimate of drug-likeness (QED) is 0.807. The SMILES string of the molecule is Cc1nn(C)c(Oc2cc(O[C@@H](C)C(=O)O)c(C(=O)N(C)C)cc2Cl)c1C. The molecule has 27 heavy (non-hydrogen) atoms. The van der Waals surface area contributed by atoms with Crippen LogP contribution in [0, 0.1) is 13.8 Å². The van der Waals surface area contributed by atoms with Gasteiger partial charge in [0.05, 0.1) is 16.3 Å². The van der Waals surface area contributed by atoms with E-state index in [1.54, 1.807) is 25.8 Å². The number of carbonyl (C=O) groups is 2. The van der Waals surface area contributed by atoms with Crippen LogP contribution in [0.15, 0.2) is 12.1 Å². The Balaban J connectivity index is 2.53. The Labute approximate surface area is 162 Å². The Morgan fingerprint density at radius 1 is 1.26 bits per heavy atom. The number of hydrogen-bond acceptors (Lipinski definition) is 5. The van der Waals surface area contributed by atoms with E-state index in [9.17, 15) is 9.59 Å². The monoisotopic (exact) mass is 395 g/mol. The Kier molecular flexibility index (Phi) is 6.00. The zero-order valence-corrected chi connectivity index (χ0v) is 16.8. The summed E-state index contributed by atoms with van der Waals surface area (Å²) in [4.78, 5) is 24.9. The first-order valence-corrected chi connectivity index (χ1v) is 8.53. The Bertz CT molecular complexity index is 892. The summed E-state index contributed by atoms with van der Waals surface area (Å²) >= 11 is 6.31. The fourth-order valence-electron chi connectivity index (χ4n) is 2.35. The highest BCUT2D eigenvalue weighted by molar-refractivity contribution is 6.32. The molecule has 1 atom stereocenters. The van der Waals surface area contributed by atoms with E-state index in [0.29, 0.717) is 5.88 Å². The molecule has 2 rings (SSSR count). The van der Waals surface area contributed by atoms with Gasteiger partial charge in [-0.1, -0.05) is 11.6 Å². The number of nitrogens with zero attached hydrogens (tertiary/aromatic N) is 3. The van der Waals surface area contributed by atoms with Gasteiger partial charge in [0.2, 0.25) is 5.88 Å². The lowest BCUT2D eigenvalue weighted by Crippen LogP contribution is -2.26. The van der Waals surface area contributed by atoms with Gasteiger partial charge in [-0.25, -0.2) is 9.48 Å². The summed E-state index contributed by atoms with van der Waals surface area (Å²) < 4.78 is 12.9. The molecule has 9 heteroatoms. The van der Waals surface area contributed by atoms with Crippen molar-refractivity contribution < 1.29 is 24.2 Å². The van der Waals surface area contributed by atoms with E-state index >= 15 is 0 Å². The molecule has 0 spiro atoms. The second-order valence-corrected chi connectivity index (χ2v) is 6.73. The van der Waals surface area contributed by atoms with E-state index in [0.717, 1.165) is 11.3 Å². The van der Waals surface area contributed by atoms with E-state index < -0.39 is 12.1 Å². The van der Waals surface area contributed by atoms with Crippen molar-refractivity contribution >= 4 is 23.5 Å². The van der Waals surface area contributed by atoms with Crippen molar-refractivity contribution in [3.63, 3.8) is 0 Å². The number of carboxylic acids is 1. The molecule has 0 saturated carbocycles. The Morgan fingerprint density at radius 2 is 1.89 bits per heavy atom. The van der Waals surface area contributed by atoms with Crippen molar-refractivity contribution in [2.45, 2.75) is 26.9 Å². The highest BCUT2D eigenvalue weighted by Crippen LogP contribution is 2.37. The van der Waals surface area contributed by atoms with Gasteiger partial charge in [0, 0.05) is 32.8 Å². The lowest BCUT2D eigenvalue weighted by molar-refractivity contribution is -0.144. The molecular weight excluding hydrogens is 374 g/mol. The van der Waals surface area contributed by atoms with Crippen LogP contribution in [-0.2, 0) is 11.8 Å². The fourth-order valence-corrected chi connectivity index (χ4v) is 2.55. The second kappa shape index (κ2) is 7.87. The minimum absolute atomic E-state index is 0.0690. The molecule has 1 aromatic heterocycles. The number of carbonyl (C=O) groups excluding carboxylic acids is 1. The number of aliphatic carboxylic acids is 1. The van der Waals surface area contributed by atoms with E-state index in [4.69, 9.17) is 26.2 Å². The van der Waals surface area contributed by atoms with Crippen molar-refractivity contribution in [2.24, 2.45) is 7.05 Å². The summed E-state index contributed by atoms with van der Waals surface area (Å²) in [6.45, 7) is 5.08. The van der Waals surface area contributed by atoms with Gasteiger partial charge in [-0.2, -0.15) is 5.10 Å². The number of benzene rings is 1. The molecule has 0 unspecified atom stereocenters. The van der Waals surface area contributed by atoms with Crippen LogP contribution in [0.2, 0.25) is 5.02 Å². The number of halogens is 1. The largest absolute Gasteiger partial charge is 0.479 e. The van der Waals surface area contributed by atoms with Crippen molar-refractivity contribution in [2.75, 3.05) is 14.1 Å².